The van der Waals surface area contributed by atoms with Gasteiger partial charge < -0.3 is 10.5 Å². The molecule has 0 saturated carbocycles. The Bertz CT molecular complexity index is 336. The van der Waals surface area contributed by atoms with Crippen molar-refractivity contribution < 1.29 is 9.53 Å². The lowest BCUT2D eigenvalue weighted by molar-refractivity contribution is 0.0599. The molecule has 3 heteroatoms. The summed E-state index contributed by atoms with van der Waals surface area (Å²) in [5.41, 5.74) is 7.16. The summed E-state index contributed by atoms with van der Waals surface area (Å²) in [6.07, 6.45) is 0.869. The third-order valence-electron chi connectivity index (χ3n) is 2.50. The second kappa shape index (κ2) is 5.51. The molecule has 0 spiro atoms. The van der Waals surface area contributed by atoms with Gasteiger partial charge in [0.1, 0.15) is 0 Å². The molecule has 0 aliphatic heterocycles. The fourth-order valence-electron chi connectivity index (χ4n) is 1.63. The van der Waals surface area contributed by atoms with E-state index in [1.54, 1.807) is 6.07 Å². The number of esters is 1. The van der Waals surface area contributed by atoms with Gasteiger partial charge in [0.15, 0.2) is 0 Å². The van der Waals surface area contributed by atoms with Crippen molar-refractivity contribution in [3.8, 4) is 0 Å². The molecule has 0 saturated heterocycles. The van der Waals surface area contributed by atoms with Crippen molar-refractivity contribution in [1.29, 1.82) is 0 Å². The summed E-state index contributed by atoms with van der Waals surface area (Å²) < 4.78 is 4.74. The molecular formula is C12H17NO2. The van der Waals surface area contributed by atoms with E-state index in [1.807, 2.05) is 18.2 Å². The number of hydrogen-bond donors (Lipinski definition) is 1. The number of nitrogens with two attached hydrogens (primary N) is 1. The summed E-state index contributed by atoms with van der Waals surface area (Å²) in [6.45, 7) is 2.69. The highest BCUT2D eigenvalue weighted by molar-refractivity contribution is 5.91. The summed E-state index contributed by atoms with van der Waals surface area (Å²) in [4.78, 5) is 11.5. The lowest BCUT2D eigenvalue weighted by atomic mass is 9.93. The molecule has 1 atom stereocenters. The maximum Gasteiger partial charge on any atom is 0.338 e. The molecule has 1 unspecified atom stereocenters. The number of methoxy groups -OCH3 is 1. The van der Waals surface area contributed by atoms with Crippen molar-refractivity contribution in [2.75, 3.05) is 13.7 Å². The highest BCUT2D eigenvalue weighted by atomic mass is 16.5. The molecule has 0 bridgehead atoms. The largest absolute Gasteiger partial charge is 0.465 e. The average molecular weight is 207 g/mol. The minimum atomic E-state index is -0.283. The first-order valence-corrected chi connectivity index (χ1v) is 5.08. The van der Waals surface area contributed by atoms with Crippen LogP contribution < -0.4 is 5.73 Å². The molecule has 82 valence electrons. The standard InChI is InChI=1S/C12H17NO2/c1-9(7-8-13)10-5-3-4-6-11(10)12(14)15-2/h3-6,9H,7-8,13H2,1-2H3. The summed E-state index contributed by atoms with van der Waals surface area (Å²) in [6, 6.07) is 7.50. The van der Waals surface area contributed by atoms with E-state index < -0.39 is 0 Å². The van der Waals surface area contributed by atoms with E-state index in [2.05, 4.69) is 6.92 Å². The Morgan fingerprint density at radius 1 is 1.47 bits per heavy atom. The zero-order valence-corrected chi connectivity index (χ0v) is 9.19. The summed E-state index contributed by atoms with van der Waals surface area (Å²) in [7, 11) is 1.40. The van der Waals surface area contributed by atoms with Crippen LogP contribution in [0.3, 0.4) is 0 Å². The molecule has 0 aliphatic rings. The molecule has 3 nitrogen and oxygen atoms in total. The number of rotatable bonds is 4. The predicted molar refractivity (Wildman–Crippen MR) is 59.9 cm³/mol. The minimum Gasteiger partial charge on any atom is -0.465 e. The molecular weight excluding hydrogens is 190 g/mol. The first-order chi connectivity index (χ1) is 7.20. The Morgan fingerprint density at radius 3 is 2.73 bits per heavy atom. The van der Waals surface area contributed by atoms with Crippen molar-refractivity contribution >= 4 is 5.97 Å². The van der Waals surface area contributed by atoms with Gasteiger partial charge in [-0.3, -0.25) is 0 Å². The summed E-state index contributed by atoms with van der Waals surface area (Å²) >= 11 is 0. The Labute approximate surface area is 90.2 Å². The van der Waals surface area contributed by atoms with Crippen LogP contribution in [0.15, 0.2) is 24.3 Å². The SMILES string of the molecule is COC(=O)c1ccccc1C(C)CCN. The van der Waals surface area contributed by atoms with Gasteiger partial charge in [0, 0.05) is 0 Å². The van der Waals surface area contributed by atoms with Crippen LogP contribution in [0.1, 0.15) is 35.2 Å². The van der Waals surface area contributed by atoms with Gasteiger partial charge >= 0.3 is 5.97 Å². The molecule has 0 aromatic heterocycles. The topological polar surface area (TPSA) is 52.3 Å². The molecule has 0 heterocycles. The fraction of sp³-hybridized carbons (Fsp3) is 0.417. The lowest BCUT2D eigenvalue weighted by Gasteiger charge is -2.14. The lowest BCUT2D eigenvalue weighted by Crippen LogP contribution is -2.10. The van der Waals surface area contributed by atoms with Crippen molar-refractivity contribution in [3.63, 3.8) is 0 Å². The van der Waals surface area contributed by atoms with Crippen LogP contribution in [0.4, 0.5) is 0 Å². The maximum absolute atomic E-state index is 11.5. The van der Waals surface area contributed by atoms with Crippen LogP contribution >= 0.6 is 0 Å². The number of carbonyl (C=O) groups is 1. The van der Waals surface area contributed by atoms with Crippen LogP contribution in [0.5, 0.6) is 0 Å². The number of benzene rings is 1. The molecule has 1 rings (SSSR count). The first-order valence-electron chi connectivity index (χ1n) is 5.08. The predicted octanol–water partition coefficient (Wildman–Crippen LogP) is 1.93. The van der Waals surface area contributed by atoms with Gasteiger partial charge in [-0.25, -0.2) is 4.79 Å². The van der Waals surface area contributed by atoms with Crippen LogP contribution in [0.25, 0.3) is 0 Å². The van der Waals surface area contributed by atoms with Gasteiger partial charge in [0.2, 0.25) is 0 Å². The molecule has 0 aliphatic carbocycles. The van der Waals surface area contributed by atoms with Gasteiger partial charge in [-0.05, 0) is 30.5 Å². The number of carbonyl (C=O) groups excluding carboxylic acids is 1. The second-order valence-electron chi connectivity index (χ2n) is 3.56. The highest BCUT2D eigenvalue weighted by Crippen LogP contribution is 2.22. The van der Waals surface area contributed by atoms with E-state index in [-0.39, 0.29) is 11.9 Å². The first kappa shape index (κ1) is 11.7. The van der Waals surface area contributed by atoms with Crippen molar-refractivity contribution in [2.24, 2.45) is 5.73 Å². The molecule has 0 fully saturated rings. The smallest absolute Gasteiger partial charge is 0.338 e. The van der Waals surface area contributed by atoms with Gasteiger partial charge in [-0.2, -0.15) is 0 Å². The molecule has 1 aromatic carbocycles. The van der Waals surface area contributed by atoms with Crippen molar-refractivity contribution in [1.82, 2.24) is 0 Å². The Hall–Kier alpha value is -1.35. The second-order valence-corrected chi connectivity index (χ2v) is 3.56. The summed E-state index contributed by atoms with van der Waals surface area (Å²) in [5, 5.41) is 0. The molecule has 2 N–H and O–H groups in total. The molecule has 1 aromatic rings. The van der Waals surface area contributed by atoms with Crippen LogP contribution in [-0.2, 0) is 4.74 Å². The third-order valence-corrected chi connectivity index (χ3v) is 2.50. The van der Waals surface area contributed by atoms with E-state index in [0.29, 0.717) is 12.1 Å². The zero-order valence-electron chi connectivity index (χ0n) is 9.19. The fourth-order valence-corrected chi connectivity index (χ4v) is 1.63. The zero-order chi connectivity index (χ0) is 11.3. The monoisotopic (exact) mass is 207 g/mol. The molecule has 0 amide bonds. The molecule has 0 radical (unpaired) electrons. The van der Waals surface area contributed by atoms with Gasteiger partial charge in [-0.15, -0.1) is 0 Å². The van der Waals surface area contributed by atoms with Gasteiger partial charge in [-0.1, -0.05) is 25.1 Å². The van der Waals surface area contributed by atoms with E-state index in [1.165, 1.54) is 7.11 Å². The summed E-state index contributed by atoms with van der Waals surface area (Å²) in [5.74, 6) is -0.000212. The number of hydrogen-bond acceptors (Lipinski definition) is 3. The quantitative estimate of drug-likeness (QED) is 0.767. The van der Waals surface area contributed by atoms with Gasteiger partial charge in [0.25, 0.3) is 0 Å². The van der Waals surface area contributed by atoms with E-state index in [0.717, 1.165) is 12.0 Å². The van der Waals surface area contributed by atoms with Crippen LogP contribution in [0.2, 0.25) is 0 Å². The number of ether oxygens (including phenoxy) is 1. The van der Waals surface area contributed by atoms with E-state index >= 15 is 0 Å². The normalized spacial score (nSPS) is 12.2. The molecule has 15 heavy (non-hydrogen) atoms. The highest BCUT2D eigenvalue weighted by Gasteiger charge is 2.15. The van der Waals surface area contributed by atoms with Crippen molar-refractivity contribution in [3.05, 3.63) is 35.4 Å². The Morgan fingerprint density at radius 2 is 2.13 bits per heavy atom. The van der Waals surface area contributed by atoms with E-state index in [4.69, 9.17) is 10.5 Å². The van der Waals surface area contributed by atoms with Gasteiger partial charge in [0.05, 0.1) is 12.7 Å². The maximum atomic E-state index is 11.5. The minimum absolute atomic E-state index is 0.283. The van der Waals surface area contributed by atoms with Crippen LogP contribution in [-0.4, -0.2) is 19.6 Å². The third kappa shape index (κ3) is 2.80. The van der Waals surface area contributed by atoms with Crippen molar-refractivity contribution in [2.45, 2.75) is 19.3 Å². The van der Waals surface area contributed by atoms with E-state index in [9.17, 15) is 4.79 Å². The van der Waals surface area contributed by atoms with Crippen LogP contribution in [0, 0.1) is 0 Å². The Balaban J connectivity index is 3.00. The average Bonchev–Trinajstić information content (AvgIpc) is 2.28. The Kier molecular flexibility index (Phi) is 4.31.